The van der Waals surface area contributed by atoms with Crippen LogP contribution in [0.1, 0.15) is 49.3 Å². The van der Waals surface area contributed by atoms with Crippen LogP contribution in [-0.2, 0) is 4.79 Å². The minimum Gasteiger partial charge on any atom is -0.508 e. The van der Waals surface area contributed by atoms with E-state index in [2.05, 4.69) is 24.0 Å². The van der Waals surface area contributed by atoms with Gasteiger partial charge in [0.25, 0.3) is 0 Å². The quantitative estimate of drug-likeness (QED) is 0.894. The fourth-order valence-electron chi connectivity index (χ4n) is 4.61. The molecule has 1 N–H and O–H groups in total. The molecule has 2 fully saturated rings. The molecule has 27 heavy (non-hydrogen) atoms. The molecule has 0 radical (unpaired) electrons. The van der Waals surface area contributed by atoms with Crippen LogP contribution in [0, 0.1) is 0 Å². The van der Waals surface area contributed by atoms with Gasteiger partial charge < -0.3 is 10.0 Å². The molecule has 4 rings (SSSR count). The van der Waals surface area contributed by atoms with Crippen molar-refractivity contribution in [2.45, 2.75) is 44.2 Å². The molecule has 2 aromatic rings. The number of likely N-dealkylation sites (tertiary alicyclic amines) is 2. The lowest BCUT2D eigenvalue weighted by molar-refractivity contribution is -0.134. The number of rotatable bonds is 4. The summed E-state index contributed by atoms with van der Waals surface area (Å²) in [6.07, 6.45) is 3.07. The summed E-state index contributed by atoms with van der Waals surface area (Å²) >= 11 is 0. The molecule has 2 atom stereocenters. The number of amides is 1. The van der Waals surface area contributed by atoms with Crippen LogP contribution < -0.4 is 0 Å². The average Bonchev–Trinajstić information content (AvgIpc) is 3.10. The SMILES string of the molecule is CC(c1ccccc1)N1CCC(N2CCC(c3ccc(O)cc3)CC2)C1=O. The lowest BCUT2D eigenvalue weighted by Crippen LogP contribution is -2.45. The van der Waals surface area contributed by atoms with Gasteiger partial charge in [-0.15, -0.1) is 0 Å². The Hall–Kier alpha value is -2.33. The molecule has 0 saturated carbocycles. The van der Waals surface area contributed by atoms with Gasteiger partial charge in [0.1, 0.15) is 5.75 Å². The number of hydrogen-bond donors (Lipinski definition) is 1. The largest absolute Gasteiger partial charge is 0.508 e. The van der Waals surface area contributed by atoms with Gasteiger partial charge in [-0.2, -0.15) is 0 Å². The molecule has 0 spiro atoms. The highest BCUT2D eigenvalue weighted by Gasteiger charge is 2.39. The van der Waals surface area contributed by atoms with Gasteiger partial charge in [0, 0.05) is 6.54 Å². The Bertz CT molecular complexity index is 767. The highest BCUT2D eigenvalue weighted by molar-refractivity contribution is 5.84. The maximum absolute atomic E-state index is 13.1. The van der Waals surface area contributed by atoms with Gasteiger partial charge in [-0.3, -0.25) is 9.69 Å². The summed E-state index contributed by atoms with van der Waals surface area (Å²) in [7, 11) is 0. The van der Waals surface area contributed by atoms with E-state index in [0.717, 1.165) is 38.9 Å². The van der Waals surface area contributed by atoms with E-state index in [9.17, 15) is 9.90 Å². The van der Waals surface area contributed by atoms with Crippen LogP contribution in [0.25, 0.3) is 0 Å². The molecule has 2 aromatic carbocycles. The van der Waals surface area contributed by atoms with Crippen molar-refractivity contribution in [3.05, 3.63) is 65.7 Å². The summed E-state index contributed by atoms with van der Waals surface area (Å²) in [4.78, 5) is 17.5. The molecule has 0 aromatic heterocycles. The summed E-state index contributed by atoms with van der Waals surface area (Å²) < 4.78 is 0. The monoisotopic (exact) mass is 364 g/mol. The number of carbonyl (C=O) groups is 1. The van der Waals surface area contributed by atoms with Gasteiger partial charge in [0.2, 0.25) is 5.91 Å². The number of benzene rings is 2. The zero-order valence-corrected chi connectivity index (χ0v) is 15.9. The van der Waals surface area contributed by atoms with Crippen molar-refractivity contribution in [2.24, 2.45) is 0 Å². The molecular weight excluding hydrogens is 336 g/mol. The Morgan fingerprint density at radius 3 is 2.26 bits per heavy atom. The van der Waals surface area contributed by atoms with Gasteiger partial charge in [-0.05, 0) is 68.5 Å². The predicted octanol–water partition coefficient (Wildman–Crippen LogP) is 3.93. The highest BCUT2D eigenvalue weighted by atomic mass is 16.3. The van der Waals surface area contributed by atoms with E-state index < -0.39 is 0 Å². The van der Waals surface area contributed by atoms with Crippen molar-refractivity contribution in [3.63, 3.8) is 0 Å². The van der Waals surface area contributed by atoms with Gasteiger partial charge in [0.15, 0.2) is 0 Å². The lowest BCUT2D eigenvalue weighted by atomic mass is 9.89. The topological polar surface area (TPSA) is 43.8 Å². The third-order valence-electron chi connectivity index (χ3n) is 6.30. The van der Waals surface area contributed by atoms with Crippen molar-refractivity contribution in [2.75, 3.05) is 19.6 Å². The third kappa shape index (κ3) is 3.72. The van der Waals surface area contributed by atoms with E-state index in [1.807, 2.05) is 35.2 Å². The Morgan fingerprint density at radius 2 is 1.59 bits per heavy atom. The second kappa shape index (κ2) is 7.73. The molecule has 2 saturated heterocycles. The predicted molar refractivity (Wildman–Crippen MR) is 107 cm³/mol. The zero-order chi connectivity index (χ0) is 18.8. The molecule has 142 valence electrons. The fourth-order valence-corrected chi connectivity index (χ4v) is 4.61. The Morgan fingerprint density at radius 1 is 0.926 bits per heavy atom. The summed E-state index contributed by atoms with van der Waals surface area (Å²) in [6.45, 7) is 4.91. The van der Waals surface area contributed by atoms with Crippen LogP contribution in [0.2, 0.25) is 0 Å². The van der Waals surface area contributed by atoms with E-state index in [-0.39, 0.29) is 18.0 Å². The van der Waals surface area contributed by atoms with E-state index in [0.29, 0.717) is 11.7 Å². The first-order valence-electron chi connectivity index (χ1n) is 10.0. The summed E-state index contributed by atoms with van der Waals surface area (Å²) in [5.41, 5.74) is 2.50. The average molecular weight is 364 g/mol. The van der Waals surface area contributed by atoms with Crippen LogP contribution in [0.15, 0.2) is 54.6 Å². The van der Waals surface area contributed by atoms with Crippen LogP contribution in [0.3, 0.4) is 0 Å². The van der Waals surface area contributed by atoms with Crippen molar-refractivity contribution in [1.29, 1.82) is 0 Å². The Labute approximate surface area is 161 Å². The number of phenols is 1. The molecule has 1 amide bonds. The first kappa shape index (κ1) is 18.1. The van der Waals surface area contributed by atoms with Gasteiger partial charge in [-0.25, -0.2) is 0 Å². The number of piperidine rings is 1. The molecule has 0 aliphatic carbocycles. The number of aromatic hydroxyl groups is 1. The molecule has 2 aliphatic heterocycles. The van der Waals surface area contributed by atoms with Crippen LogP contribution in [0.5, 0.6) is 5.75 Å². The lowest BCUT2D eigenvalue weighted by Gasteiger charge is -2.35. The van der Waals surface area contributed by atoms with E-state index in [1.54, 1.807) is 12.1 Å². The maximum Gasteiger partial charge on any atom is 0.240 e. The molecule has 2 aliphatic rings. The standard InChI is InChI=1S/C23H28N2O2/c1-17(18-5-3-2-4-6-18)25-16-13-22(23(25)27)24-14-11-20(12-15-24)19-7-9-21(26)10-8-19/h2-10,17,20,22,26H,11-16H2,1H3. The van der Waals surface area contributed by atoms with Gasteiger partial charge in [0.05, 0.1) is 12.1 Å². The molecule has 2 unspecified atom stereocenters. The third-order valence-corrected chi connectivity index (χ3v) is 6.30. The number of phenolic OH excluding ortho intramolecular Hbond substituents is 1. The van der Waals surface area contributed by atoms with Crippen LogP contribution in [-0.4, -0.2) is 46.5 Å². The van der Waals surface area contributed by atoms with Crippen molar-refractivity contribution in [3.8, 4) is 5.75 Å². The zero-order valence-electron chi connectivity index (χ0n) is 15.9. The fraction of sp³-hybridized carbons (Fsp3) is 0.435. The molecule has 4 heteroatoms. The Balaban J connectivity index is 1.36. The van der Waals surface area contributed by atoms with E-state index in [4.69, 9.17) is 0 Å². The maximum atomic E-state index is 13.1. The smallest absolute Gasteiger partial charge is 0.240 e. The van der Waals surface area contributed by atoms with Crippen LogP contribution >= 0.6 is 0 Å². The van der Waals surface area contributed by atoms with Gasteiger partial charge in [-0.1, -0.05) is 42.5 Å². The van der Waals surface area contributed by atoms with E-state index in [1.165, 1.54) is 11.1 Å². The summed E-state index contributed by atoms with van der Waals surface area (Å²) in [6, 6.07) is 18.1. The minimum absolute atomic E-state index is 0.0388. The van der Waals surface area contributed by atoms with Crippen molar-refractivity contribution >= 4 is 5.91 Å². The first-order chi connectivity index (χ1) is 13.1. The van der Waals surface area contributed by atoms with E-state index >= 15 is 0 Å². The first-order valence-corrected chi connectivity index (χ1v) is 10.0. The highest BCUT2D eigenvalue weighted by Crippen LogP contribution is 2.33. The molecular formula is C23H28N2O2. The molecule has 4 nitrogen and oxygen atoms in total. The minimum atomic E-state index is 0.0388. The summed E-state index contributed by atoms with van der Waals surface area (Å²) in [5.74, 6) is 1.13. The normalized spacial score (nSPS) is 22.9. The Kier molecular flexibility index (Phi) is 5.17. The number of hydrogen-bond acceptors (Lipinski definition) is 3. The van der Waals surface area contributed by atoms with Gasteiger partial charge >= 0.3 is 0 Å². The summed E-state index contributed by atoms with van der Waals surface area (Å²) in [5, 5.41) is 9.47. The number of nitrogens with zero attached hydrogens (tertiary/aromatic N) is 2. The molecule has 0 bridgehead atoms. The second-order valence-electron chi connectivity index (χ2n) is 7.82. The number of carbonyl (C=O) groups excluding carboxylic acids is 1. The molecule has 2 heterocycles. The van der Waals surface area contributed by atoms with Crippen molar-refractivity contribution in [1.82, 2.24) is 9.80 Å². The van der Waals surface area contributed by atoms with Crippen molar-refractivity contribution < 1.29 is 9.90 Å². The van der Waals surface area contributed by atoms with Crippen LogP contribution in [0.4, 0.5) is 0 Å². The second-order valence-corrected chi connectivity index (χ2v) is 7.82.